The fourth-order valence-corrected chi connectivity index (χ4v) is 2.08. The second-order valence-electron chi connectivity index (χ2n) is 5.71. The maximum Gasteiger partial charge on any atom is 0.573 e. The number of carbonyl (C=O) groups is 1. The molecule has 2 rings (SSSR count). The standard InChI is InChI=1S/C15H19F3N2O3/c16-15(17,18)23-12-3-1-11(2-4-12)5-8-19-13(22)20-9-14(10-21)6-7-14/h1-4,21H,5-10H2,(H2,19,20,22). The van der Waals surface area contributed by atoms with E-state index in [0.717, 1.165) is 18.4 Å². The van der Waals surface area contributed by atoms with Crippen molar-refractivity contribution >= 4 is 6.03 Å². The predicted octanol–water partition coefficient (Wildman–Crippen LogP) is 2.20. The first-order valence-electron chi connectivity index (χ1n) is 7.29. The molecule has 1 aromatic carbocycles. The van der Waals surface area contributed by atoms with Crippen LogP contribution in [0.15, 0.2) is 24.3 Å². The largest absolute Gasteiger partial charge is 0.573 e. The van der Waals surface area contributed by atoms with E-state index in [0.29, 0.717) is 19.5 Å². The Morgan fingerprint density at radius 3 is 2.39 bits per heavy atom. The number of ether oxygens (including phenoxy) is 1. The smallest absolute Gasteiger partial charge is 0.406 e. The van der Waals surface area contributed by atoms with Gasteiger partial charge in [-0.15, -0.1) is 13.2 Å². The molecule has 0 aromatic heterocycles. The Balaban J connectivity index is 1.66. The molecule has 1 aliphatic rings. The molecule has 1 aromatic rings. The van der Waals surface area contributed by atoms with Crippen molar-refractivity contribution < 1.29 is 27.8 Å². The second-order valence-corrected chi connectivity index (χ2v) is 5.71. The first-order chi connectivity index (χ1) is 10.8. The molecule has 0 unspecified atom stereocenters. The normalized spacial score (nSPS) is 15.8. The van der Waals surface area contributed by atoms with Crippen molar-refractivity contribution in [1.29, 1.82) is 0 Å². The molecule has 0 bridgehead atoms. The molecule has 1 saturated carbocycles. The Kier molecular flexibility index (Phi) is 5.35. The van der Waals surface area contributed by atoms with Crippen LogP contribution >= 0.6 is 0 Å². The zero-order chi connectivity index (χ0) is 16.9. The van der Waals surface area contributed by atoms with Crippen LogP contribution in [0.5, 0.6) is 5.75 Å². The van der Waals surface area contributed by atoms with E-state index in [9.17, 15) is 18.0 Å². The molecule has 0 radical (unpaired) electrons. The lowest BCUT2D eigenvalue weighted by Gasteiger charge is -2.13. The molecular weight excluding hydrogens is 313 g/mol. The Bertz CT molecular complexity index is 528. The van der Waals surface area contributed by atoms with Gasteiger partial charge in [-0.1, -0.05) is 12.1 Å². The predicted molar refractivity (Wildman–Crippen MR) is 77.0 cm³/mol. The highest BCUT2D eigenvalue weighted by atomic mass is 19.4. The monoisotopic (exact) mass is 332 g/mol. The zero-order valence-corrected chi connectivity index (χ0v) is 12.4. The Morgan fingerprint density at radius 2 is 1.87 bits per heavy atom. The van der Waals surface area contributed by atoms with Gasteiger partial charge in [-0.3, -0.25) is 0 Å². The van der Waals surface area contributed by atoms with Gasteiger partial charge in [0, 0.05) is 18.5 Å². The van der Waals surface area contributed by atoms with Crippen LogP contribution in [0.25, 0.3) is 0 Å². The fourth-order valence-electron chi connectivity index (χ4n) is 2.08. The van der Waals surface area contributed by atoms with Gasteiger partial charge < -0.3 is 20.5 Å². The molecule has 0 aliphatic heterocycles. The number of hydrogen-bond acceptors (Lipinski definition) is 3. The highest BCUT2D eigenvalue weighted by Gasteiger charge is 2.42. The number of aliphatic hydroxyl groups is 1. The van der Waals surface area contributed by atoms with Crippen LogP contribution in [0.3, 0.4) is 0 Å². The number of amides is 2. The van der Waals surface area contributed by atoms with Crippen molar-refractivity contribution in [2.45, 2.75) is 25.6 Å². The van der Waals surface area contributed by atoms with Gasteiger partial charge in [-0.2, -0.15) is 0 Å². The molecule has 1 aliphatic carbocycles. The highest BCUT2D eigenvalue weighted by Crippen LogP contribution is 2.44. The number of alkyl halides is 3. The fraction of sp³-hybridized carbons (Fsp3) is 0.533. The number of rotatable bonds is 7. The topological polar surface area (TPSA) is 70.6 Å². The van der Waals surface area contributed by atoms with Crippen molar-refractivity contribution in [2.24, 2.45) is 5.41 Å². The number of halogens is 3. The summed E-state index contributed by atoms with van der Waals surface area (Å²) >= 11 is 0. The summed E-state index contributed by atoms with van der Waals surface area (Å²) in [4.78, 5) is 11.6. The summed E-state index contributed by atoms with van der Waals surface area (Å²) in [6.45, 7) is 0.871. The second kappa shape index (κ2) is 7.08. The van der Waals surface area contributed by atoms with Crippen LogP contribution in [0, 0.1) is 5.41 Å². The molecule has 0 heterocycles. The average molecular weight is 332 g/mol. The van der Waals surface area contributed by atoms with Crippen molar-refractivity contribution in [3.63, 3.8) is 0 Å². The summed E-state index contributed by atoms with van der Waals surface area (Å²) in [7, 11) is 0. The van der Waals surface area contributed by atoms with E-state index < -0.39 is 6.36 Å². The molecule has 128 valence electrons. The molecule has 5 nitrogen and oxygen atoms in total. The van der Waals surface area contributed by atoms with Gasteiger partial charge in [-0.25, -0.2) is 4.79 Å². The number of benzene rings is 1. The minimum atomic E-state index is -4.70. The molecule has 0 saturated heterocycles. The van der Waals surface area contributed by atoms with E-state index in [4.69, 9.17) is 5.11 Å². The maximum atomic E-state index is 12.0. The molecule has 23 heavy (non-hydrogen) atoms. The van der Waals surface area contributed by atoms with Gasteiger partial charge in [0.25, 0.3) is 0 Å². The van der Waals surface area contributed by atoms with Crippen LogP contribution in [0.1, 0.15) is 18.4 Å². The average Bonchev–Trinajstić information content (AvgIpc) is 3.26. The third-order valence-electron chi connectivity index (χ3n) is 3.77. The number of hydrogen-bond donors (Lipinski definition) is 3. The van der Waals surface area contributed by atoms with Crippen LogP contribution in [0.4, 0.5) is 18.0 Å². The number of nitrogens with one attached hydrogen (secondary N) is 2. The Hall–Kier alpha value is -1.96. The van der Waals surface area contributed by atoms with Crippen molar-refractivity contribution in [2.75, 3.05) is 19.7 Å². The Morgan fingerprint density at radius 1 is 1.22 bits per heavy atom. The molecule has 0 atom stereocenters. The molecule has 0 spiro atoms. The van der Waals surface area contributed by atoms with Gasteiger partial charge in [-0.05, 0) is 37.0 Å². The van der Waals surface area contributed by atoms with Crippen LogP contribution in [-0.2, 0) is 6.42 Å². The summed E-state index contributed by atoms with van der Waals surface area (Å²) in [5, 5.41) is 14.5. The minimum Gasteiger partial charge on any atom is -0.406 e. The quantitative estimate of drug-likeness (QED) is 0.717. The molecule has 8 heteroatoms. The third kappa shape index (κ3) is 5.97. The molecule has 1 fully saturated rings. The molecule has 2 amide bonds. The first-order valence-corrected chi connectivity index (χ1v) is 7.29. The van der Waals surface area contributed by atoms with E-state index in [1.54, 1.807) is 0 Å². The lowest BCUT2D eigenvalue weighted by Crippen LogP contribution is -2.40. The first kappa shape index (κ1) is 17.4. The zero-order valence-electron chi connectivity index (χ0n) is 12.4. The SMILES string of the molecule is O=C(NCCc1ccc(OC(F)(F)F)cc1)NCC1(CO)CC1. The van der Waals surface area contributed by atoms with E-state index in [1.807, 2.05) is 0 Å². The third-order valence-corrected chi connectivity index (χ3v) is 3.77. The maximum absolute atomic E-state index is 12.0. The summed E-state index contributed by atoms with van der Waals surface area (Å²) < 4.78 is 39.9. The summed E-state index contributed by atoms with van der Waals surface area (Å²) in [6.07, 6.45) is -2.38. The van der Waals surface area contributed by atoms with E-state index in [2.05, 4.69) is 15.4 Å². The number of carbonyl (C=O) groups excluding carboxylic acids is 1. The van der Waals surface area contributed by atoms with Gasteiger partial charge in [0.05, 0.1) is 6.61 Å². The summed E-state index contributed by atoms with van der Waals surface area (Å²) in [5.41, 5.74) is 0.639. The van der Waals surface area contributed by atoms with E-state index >= 15 is 0 Å². The lowest BCUT2D eigenvalue weighted by atomic mass is 10.1. The minimum absolute atomic E-state index is 0.0691. The number of urea groups is 1. The van der Waals surface area contributed by atoms with Crippen LogP contribution < -0.4 is 15.4 Å². The van der Waals surface area contributed by atoms with Gasteiger partial charge in [0.1, 0.15) is 5.75 Å². The lowest BCUT2D eigenvalue weighted by molar-refractivity contribution is -0.274. The van der Waals surface area contributed by atoms with Crippen molar-refractivity contribution in [1.82, 2.24) is 10.6 Å². The molecule has 3 N–H and O–H groups in total. The highest BCUT2D eigenvalue weighted by molar-refractivity contribution is 5.73. The van der Waals surface area contributed by atoms with E-state index in [-0.39, 0.29) is 23.8 Å². The van der Waals surface area contributed by atoms with Gasteiger partial charge in [0.15, 0.2) is 0 Å². The van der Waals surface area contributed by atoms with Gasteiger partial charge >= 0.3 is 12.4 Å². The summed E-state index contributed by atoms with van der Waals surface area (Å²) in [5.74, 6) is -0.273. The van der Waals surface area contributed by atoms with Crippen molar-refractivity contribution in [3.8, 4) is 5.75 Å². The summed E-state index contributed by atoms with van der Waals surface area (Å²) in [6, 6.07) is 5.20. The molecular formula is C15H19F3N2O3. The van der Waals surface area contributed by atoms with Crippen LogP contribution in [-0.4, -0.2) is 37.2 Å². The van der Waals surface area contributed by atoms with Gasteiger partial charge in [0.2, 0.25) is 0 Å². The van der Waals surface area contributed by atoms with Crippen LogP contribution in [0.2, 0.25) is 0 Å². The van der Waals surface area contributed by atoms with E-state index in [1.165, 1.54) is 24.3 Å². The Labute approximate surface area is 131 Å². The van der Waals surface area contributed by atoms with Crippen molar-refractivity contribution in [3.05, 3.63) is 29.8 Å². The number of aliphatic hydroxyl groups excluding tert-OH is 1.